The van der Waals surface area contributed by atoms with E-state index in [4.69, 9.17) is 4.74 Å². The Kier molecular flexibility index (Phi) is 5.61. The van der Waals surface area contributed by atoms with E-state index in [1.165, 1.54) is 0 Å². The van der Waals surface area contributed by atoms with Crippen LogP contribution in [0.2, 0.25) is 0 Å². The molecule has 0 bridgehead atoms. The second-order valence-electron chi connectivity index (χ2n) is 6.11. The summed E-state index contributed by atoms with van der Waals surface area (Å²) >= 11 is 0. The van der Waals surface area contributed by atoms with Crippen LogP contribution < -0.4 is 14.8 Å². The summed E-state index contributed by atoms with van der Waals surface area (Å²) in [5.74, 6) is 0.494. The molecule has 1 amide bonds. The first kappa shape index (κ1) is 18.7. The van der Waals surface area contributed by atoms with Gasteiger partial charge in [0.2, 0.25) is 15.9 Å². The van der Waals surface area contributed by atoms with Crippen molar-refractivity contribution in [3.63, 3.8) is 0 Å². The molecular formula is C20H20N2O4S. The van der Waals surface area contributed by atoms with Gasteiger partial charge in [-0.3, -0.25) is 9.52 Å². The van der Waals surface area contributed by atoms with Gasteiger partial charge in [-0.2, -0.15) is 0 Å². The molecule has 0 unspecified atom stereocenters. The molecule has 6 nitrogen and oxygen atoms in total. The zero-order valence-corrected chi connectivity index (χ0v) is 15.6. The summed E-state index contributed by atoms with van der Waals surface area (Å²) < 4.78 is 30.6. The third-order valence-corrected chi connectivity index (χ3v) is 4.37. The van der Waals surface area contributed by atoms with Gasteiger partial charge in [0.1, 0.15) is 5.75 Å². The third kappa shape index (κ3) is 5.72. The molecule has 3 aromatic rings. The molecule has 0 aromatic heterocycles. The van der Waals surface area contributed by atoms with Gasteiger partial charge in [-0.05, 0) is 41.1 Å². The van der Waals surface area contributed by atoms with E-state index in [2.05, 4.69) is 10.0 Å². The first-order chi connectivity index (χ1) is 12.9. The standard InChI is InChI=1S/C20H20N2O4S/c1-27(24,25)22-18-8-4-7-17(14-18)21-20(23)11-12-26-19-10-9-15-5-2-3-6-16(15)13-19/h2-10,13-14,22H,11-12H2,1H3,(H,21,23). The zero-order valence-electron chi connectivity index (χ0n) is 14.8. The molecule has 0 aliphatic rings. The normalized spacial score (nSPS) is 11.1. The van der Waals surface area contributed by atoms with Crippen molar-refractivity contribution in [1.29, 1.82) is 0 Å². The van der Waals surface area contributed by atoms with E-state index in [1.54, 1.807) is 24.3 Å². The quantitative estimate of drug-likeness (QED) is 0.652. The number of nitrogens with one attached hydrogen (secondary N) is 2. The first-order valence-electron chi connectivity index (χ1n) is 8.38. The second kappa shape index (κ2) is 8.09. The van der Waals surface area contributed by atoms with Gasteiger partial charge in [-0.15, -0.1) is 0 Å². The Morgan fingerprint density at radius 1 is 0.926 bits per heavy atom. The van der Waals surface area contributed by atoms with Crippen molar-refractivity contribution in [2.75, 3.05) is 22.9 Å². The van der Waals surface area contributed by atoms with Crippen LogP contribution in [-0.4, -0.2) is 27.2 Å². The highest BCUT2D eigenvalue weighted by Crippen LogP contribution is 2.21. The van der Waals surface area contributed by atoms with Gasteiger partial charge in [0.05, 0.1) is 25.0 Å². The van der Waals surface area contributed by atoms with Crippen molar-refractivity contribution in [1.82, 2.24) is 0 Å². The Morgan fingerprint density at radius 2 is 1.67 bits per heavy atom. The molecule has 0 atom stereocenters. The highest BCUT2D eigenvalue weighted by molar-refractivity contribution is 7.92. The summed E-state index contributed by atoms with van der Waals surface area (Å²) in [6, 6.07) is 20.3. The number of rotatable bonds is 7. The van der Waals surface area contributed by atoms with Crippen LogP contribution in [0.25, 0.3) is 10.8 Å². The van der Waals surface area contributed by atoms with Gasteiger partial charge < -0.3 is 10.1 Å². The number of hydrogen-bond donors (Lipinski definition) is 2. The van der Waals surface area contributed by atoms with Crippen molar-refractivity contribution in [3.8, 4) is 5.75 Å². The zero-order chi connectivity index (χ0) is 19.3. The van der Waals surface area contributed by atoms with E-state index in [1.807, 2.05) is 42.5 Å². The van der Waals surface area contributed by atoms with Crippen molar-refractivity contribution in [2.24, 2.45) is 0 Å². The molecule has 3 rings (SSSR count). The van der Waals surface area contributed by atoms with Crippen LogP contribution in [0.3, 0.4) is 0 Å². The average Bonchev–Trinajstić information content (AvgIpc) is 2.60. The third-order valence-electron chi connectivity index (χ3n) is 3.77. The highest BCUT2D eigenvalue weighted by atomic mass is 32.2. The van der Waals surface area contributed by atoms with Gasteiger partial charge in [-0.1, -0.05) is 36.4 Å². The number of anilines is 2. The SMILES string of the molecule is CS(=O)(=O)Nc1cccc(NC(=O)CCOc2ccc3ccccc3c2)c1. The van der Waals surface area contributed by atoms with Crippen molar-refractivity contribution < 1.29 is 17.9 Å². The van der Waals surface area contributed by atoms with Crippen LogP contribution in [-0.2, 0) is 14.8 Å². The molecule has 7 heteroatoms. The minimum Gasteiger partial charge on any atom is -0.493 e. The minimum absolute atomic E-state index is 0.177. The van der Waals surface area contributed by atoms with E-state index in [0.717, 1.165) is 17.0 Å². The van der Waals surface area contributed by atoms with Crippen LogP contribution in [0.4, 0.5) is 11.4 Å². The fourth-order valence-corrected chi connectivity index (χ4v) is 3.17. The smallest absolute Gasteiger partial charge is 0.229 e. The summed E-state index contributed by atoms with van der Waals surface area (Å²) in [5.41, 5.74) is 0.905. The maximum Gasteiger partial charge on any atom is 0.229 e. The summed E-state index contributed by atoms with van der Waals surface area (Å²) in [7, 11) is -3.37. The Balaban J connectivity index is 1.52. The number of hydrogen-bond acceptors (Lipinski definition) is 4. The molecule has 2 N–H and O–H groups in total. The number of amides is 1. The van der Waals surface area contributed by atoms with Crippen molar-refractivity contribution in [3.05, 3.63) is 66.7 Å². The van der Waals surface area contributed by atoms with Crippen LogP contribution in [0, 0.1) is 0 Å². The second-order valence-corrected chi connectivity index (χ2v) is 7.86. The fraction of sp³-hybridized carbons (Fsp3) is 0.150. The monoisotopic (exact) mass is 384 g/mol. The predicted octanol–water partition coefficient (Wildman–Crippen LogP) is 3.62. The lowest BCUT2D eigenvalue weighted by Gasteiger charge is -2.10. The Bertz CT molecular complexity index is 1060. The number of sulfonamides is 1. The van der Waals surface area contributed by atoms with Gasteiger partial charge >= 0.3 is 0 Å². The topological polar surface area (TPSA) is 84.5 Å². The van der Waals surface area contributed by atoms with E-state index in [9.17, 15) is 13.2 Å². The average molecular weight is 384 g/mol. The molecule has 0 aliphatic heterocycles. The van der Waals surface area contributed by atoms with E-state index in [-0.39, 0.29) is 18.9 Å². The Morgan fingerprint density at radius 3 is 2.44 bits per heavy atom. The van der Waals surface area contributed by atoms with E-state index >= 15 is 0 Å². The molecule has 0 radical (unpaired) electrons. The summed E-state index contributed by atoms with van der Waals surface area (Å²) in [4.78, 5) is 12.1. The van der Waals surface area contributed by atoms with Crippen LogP contribution in [0.1, 0.15) is 6.42 Å². The van der Waals surface area contributed by atoms with Gasteiger partial charge in [-0.25, -0.2) is 8.42 Å². The Hall–Kier alpha value is -3.06. The lowest BCUT2D eigenvalue weighted by molar-refractivity contribution is -0.116. The molecule has 3 aromatic carbocycles. The molecule has 0 aliphatic carbocycles. The number of ether oxygens (including phenoxy) is 1. The molecule has 0 saturated carbocycles. The van der Waals surface area contributed by atoms with Gasteiger partial charge in [0.25, 0.3) is 0 Å². The van der Waals surface area contributed by atoms with E-state index in [0.29, 0.717) is 17.1 Å². The number of carbonyl (C=O) groups is 1. The van der Waals surface area contributed by atoms with Crippen LogP contribution >= 0.6 is 0 Å². The number of fused-ring (bicyclic) bond motifs is 1. The summed E-state index contributed by atoms with van der Waals surface area (Å²) in [6.07, 6.45) is 1.25. The molecular weight excluding hydrogens is 364 g/mol. The maximum absolute atomic E-state index is 12.1. The molecule has 0 saturated heterocycles. The molecule has 140 valence electrons. The number of carbonyl (C=O) groups excluding carboxylic acids is 1. The van der Waals surface area contributed by atoms with Crippen LogP contribution in [0.15, 0.2) is 66.7 Å². The summed E-state index contributed by atoms with van der Waals surface area (Å²) in [6.45, 7) is 0.242. The van der Waals surface area contributed by atoms with Crippen molar-refractivity contribution >= 4 is 38.1 Å². The van der Waals surface area contributed by atoms with E-state index < -0.39 is 10.0 Å². The molecule has 27 heavy (non-hydrogen) atoms. The maximum atomic E-state index is 12.1. The lowest BCUT2D eigenvalue weighted by Crippen LogP contribution is -2.15. The minimum atomic E-state index is -3.37. The highest BCUT2D eigenvalue weighted by Gasteiger charge is 2.06. The molecule has 0 heterocycles. The number of benzene rings is 3. The summed E-state index contributed by atoms with van der Waals surface area (Å²) in [5, 5.41) is 4.94. The molecule has 0 fully saturated rings. The van der Waals surface area contributed by atoms with Crippen molar-refractivity contribution in [2.45, 2.75) is 6.42 Å². The Labute approximate surface area is 158 Å². The fourth-order valence-electron chi connectivity index (χ4n) is 2.62. The lowest BCUT2D eigenvalue weighted by atomic mass is 10.1. The largest absolute Gasteiger partial charge is 0.493 e. The van der Waals surface area contributed by atoms with Crippen LogP contribution in [0.5, 0.6) is 5.75 Å². The van der Waals surface area contributed by atoms with Gasteiger partial charge in [0.15, 0.2) is 0 Å². The molecule has 0 spiro atoms. The van der Waals surface area contributed by atoms with Gasteiger partial charge in [0, 0.05) is 5.69 Å². The first-order valence-corrected chi connectivity index (χ1v) is 10.3. The predicted molar refractivity (Wildman–Crippen MR) is 108 cm³/mol.